The molecule has 6 nitrogen and oxygen atoms in total. The monoisotopic (exact) mass is 487 g/mol. The number of aromatic nitrogens is 6. The molecule has 0 spiro atoms. The van der Waals surface area contributed by atoms with Gasteiger partial charge in [-0.3, -0.25) is 9.36 Å². The Morgan fingerprint density at radius 3 is 1.03 bits per heavy atom. The van der Waals surface area contributed by atoms with Crippen molar-refractivity contribution in [3.05, 3.63) is 23.8 Å². The number of nitrogens with zero attached hydrogens (tertiary/aromatic N) is 6. The van der Waals surface area contributed by atoms with E-state index < -0.39 is 0 Å². The van der Waals surface area contributed by atoms with Crippen molar-refractivity contribution in [1.82, 2.24) is 30.0 Å². The SMILES string of the molecule is CCC.CCC.CCC.CCC.CCC.CCC.CCc1cn(C)nn1.CCn1cc(C)nn1. The molecule has 2 aromatic rings. The van der Waals surface area contributed by atoms with E-state index in [-0.39, 0.29) is 0 Å². The van der Waals surface area contributed by atoms with Gasteiger partial charge >= 0.3 is 0 Å². The van der Waals surface area contributed by atoms with Gasteiger partial charge in [0.1, 0.15) is 0 Å². The van der Waals surface area contributed by atoms with E-state index in [1.807, 2.05) is 33.3 Å². The van der Waals surface area contributed by atoms with Crippen LogP contribution in [-0.4, -0.2) is 30.0 Å². The second-order valence-electron chi connectivity index (χ2n) is 7.70. The first-order valence-electron chi connectivity index (χ1n) is 13.9. The molecule has 2 heterocycles. The van der Waals surface area contributed by atoms with Crippen molar-refractivity contribution in [2.45, 2.75) is 155 Å². The highest BCUT2D eigenvalue weighted by molar-refractivity contribution is 4.89. The quantitative estimate of drug-likeness (QED) is 0.424. The Morgan fingerprint density at radius 1 is 0.559 bits per heavy atom. The minimum absolute atomic E-state index is 0.904. The third-order valence-electron chi connectivity index (χ3n) is 1.99. The zero-order chi connectivity index (χ0) is 28.2. The van der Waals surface area contributed by atoms with Gasteiger partial charge in [-0.05, 0) is 20.3 Å². The van der Waals surface area contributed by atoms with E-state index in [9.17, 15) is 0 Å². The average molecular weight is 487 g/mol. The van der Waals surface area contributed by atoms with E-state index in [0.29, 0.717) is 0 Å². The van der Waals surface area contributed by atoms with Crippen LogP contribution in [0.2, 0.25) is 0 Å². The van der Waals surface area contributed by atoms with Gasteiger partial charge < -0.3 is 0 Å². The van der Waals surface area contributed by atoms with E-state index in [1.54, 1.807) is 9.36 Å². The Hall–Kier alpha value is -1.72. The van der Waals surface area contributed by atoms with Gasteiger partial charge in [-0.15, -0.1) is 10.2 Å². The number of rotatable bonds is 2. The van der Waals surface area contributed by atoms with E-state index in [4.69, 9.17) is 0 Å². The number of aryl methyl sites for hydroxylation is 4. The fraction of sp³-hybridized carbons (Fsp3) is 0.857. The van der Waals surface area contributed by atoms with Crippen molar-refractivity contribution in [2.75, 3.05) is 0 Å². The lowest BCUT2D eigenvalue weighted by Gasteiger charge is -1.85. The van der Waals surface area contributed by atoms with Crippen LogP contribution in [0.1, 0.15) is 147 Å². The third kappa shape index (κ3) is 63.1. The van der Waals surface area contributed by atoms with Crippen molar-refractivity contribution < 1.29 is 0 Å². The summed E-state index contributed by atoms with van der Waals surface area (Å²) in [4.78, 5) is 0. The first kappa shape index (κ1) is 45.7. The summed E-state index contributed by atoms with van der Waals surface area (Å²) in [7, 11) is 1.87. The zero-order valence-corrected chi connectivity index (χ0v) is 26.5. The molecule has 2 aromatic heterocycles. The first-order chi connectivity index (χ1) is 16.1. The van der Waals surface area contributed by atoms with Crippen LogP contribution in [0, 0.1) is 6.92 Å². The highest BCUT2D eigenvalue weighted by atomic mass is 15.4. The average Bonchev–Trinajstić information content (AvgIpc) is 3.40. The number of hydrogen-bond donors (Lipinski definition) is 0. The van der Waals surface area contributed by atoms with Crippen LogP contribution < -0.4 is 0 Å². The Morgan fingerprint density at radius 2 is 0.912 bits per heavy atom. The molecule has 208 valence electrons. The van der Waals surface area contributed by atoms with Gasteiger partial charge in [0, 0.05) is 26.0 Å². The summed E-state index contributed by atoms with van der Waals surface area (Å²) in [5.41, 5.74) is 2.03. The topological polar surface area (TPSA) is 61.4 Å². The molecule has 0 amide bonds. The van der Waals surface area contributed by atoms with Crippen molar-refractivity contribution in [1.29, 1.82) is 0 Å². The molecule has 0 radical (unpaired) electrons. The molecular weight excluding hydrogens is 420 g/mol. The molecule has 34 heavy (non-hydrogen) atoms. The minimum atomic E-state index is 0.904. The standard InChI is InChI=1S/2C5H9N3.6C3H8/c1-3-5-4-8(2)7-6-5;1-3-8-4-5(2)6-7-8;6*1-3-2/h2*4H,3H2,1-2H3;6*3H2,1-2H3. The van der Waals surface area contributed by atoms with Gasteiger partial charge in [-0.2, -0.15) is 0 Å². The molecule has 0 aliphatic heterocycles. The molecule has 0 aliphatic carbocycles. The molecule has 0 saturated heterocycles. The predicted molar refractivity (Wildman–Crippen MR) is 157 cm³/mol. The molecule has 0 bridgehead atoms. The van der Waals surface area contributed by atoms with Crippen molar-refractivity contribution in [3.63, 3.8) is 0 Å². The van der Waals surface area contributed by atoms with E-state index in [2.05, 4.69) is 111 Å². The Kier molecular flexibility index (Phi) is 65.4. The van der Waals surface area contributed by atoms with Crippen LogP contribution in [0.3, 0.4) is 0 Å². The van der Waals surface area contributed by atoms with Crippen molar-refractivity contribution >= 4 is 0 Å². The summed E-state index contributed by atoms with van der Waals surface area (Å²) in [5.74, 6) is 0. The van der Waals surface area contributed by atoms with Gasteiger partial charge in [0.05, 0.1) is 11.4 Å². The van der Waals surface area contributed by atoms with Crippen molar-refractivity contribution in [2.24, 2.45) is 7.05 Å². The Balaban J connectivity index is -0.0000000702. The third-order valence-corrected chi connectivity index (χ3v) is 1.99. The zero-order valence-electron chi connectivity index (χ0n) is 26.5. The van der Waals surface area contributed by atoms with Gasteiger partial charge in [0.15, 0.2) is 0 Å². The number of hydrogen-bond acceptors (Lipinski definition) is 4. The maximum absolute atomic E-state index is 3.85. The van der Waals surface area contributed by atoms with Gasteiger partial charge in [-0.25, -0.2) is 0 Å². The van der Waals surface area contributed by atoms with Crippen LogP contribution in [0.4, 0.5) is 0 Å². The summed E-state index contributed by atoms with van der Waals surface area (Å²) in [5, 5.41) is 15.2. The summed E-state index contributed by atoms with van der Waals surface area (Å²) in [6, 6.07) is 0. The first-order valence-corrected chi connectivity index (χ1v) is 13.9. The fourth-order valence-electron chi connectivity index (χ4n) is 1.11. The fourth-order valence-corrected chi connectivity index (χ4v) is 1.11. The predicted octanol–water partition coefficient (Wildman–Crippen LogP) is 9.48. The van der Waals surface area contributed by atoms with E-state index in [0.717, 1.165) is 24.4 Å². The second kappa shape index (κ2) is 48.6. The molecular formula is C28H66N6. The lowest BCUT2D eigenvalue weighted by Crippen LogP contribution is -1.93. The van der Waals surface area contributed by atoms with Crippen molar-refractivity contribution in [3.8, 4) is 0 Å². The molecule has 0 atom stereocenters. The molecule has 0 fully saturated rings. The highest BCUT2D eigenvalue weighted by Gasteiger charge is 1.90. The van der Waals surface area contributed by atoms with Gasteiger partial charge in [0.25, 0.3) is 0 Å². The molecule has 6 heteroatoms. The lowest BCUT2D eigenvalue weighted by molar-refractivity contribution is 0.626. The Bertz CT molecular complexity index is 451. The smallest absolute Gasteiger partial charge is 0.0824 e. The van der Waals surface area contributed by atoms with Gasteiger partial charge in [-0.1, -0.05) is 139 Å². The van der Waals surface area contributed by atoms with Gasteiger partial charge in [0.2, 0.25) is 0 Å². The summed E-state index contributed by atoms with van der Waals surface area (Å²) in [6.07, 6.45) is 12.3. The minimum Gasteiger partial charge on any atom is -0.255 e. The van der Waals surface area contributed by atoms with Crippen LogP contribution in [0.25, 0.3) is 0 Å². The molecule has 0 saturated carbocycles. The maximum atomic E-state index is 3.85. The highest BCUT2D eigenvalue weighted by Crippen LogP contribution is 1.89. The Labute approximate surface area is 216 Å². The van der Waals surface area contributed by atoms with Crippen LogP contribution in [0.5, 0.6) is 0 Å². The molecule has 0 unspecified atom stereocenters. The van der Waals surface area contributed by atoms with E-state index >= 15 is 0 Å². The molecule has 0 N–H and O–H groups in total. The normalized spacial score (nSPS) is 7.76. The van der Waals surface area contributed by atoms with E-state index in [1.165, 1.54) is 38.5 Å². The largest absolute Gasteiger partial charge is 0.255 e. The summed E-state index contributed by atoms with van der Waals surface area (Å²) in [6.45, 7) is 32.4. The summed E-state index contributed by atoms with van der Waals surface area (Å²) >= 11 is 0. The van der Waals surface area contributed by atoms with Crippen LogP contribution >= 0.6 is 0 Å². The lowest BCUT2D eigenvalue weighted by atomic mass is 10.4. The second-order valence-corrected chi connectivity index (χ2v) is 7.70. The molecule has 0 aromatic carbocycles. The maximum Gasteiger partial charge on any atom is 0.0824 e. The molecule has 2 rings (SSSR count). The summed E-state index contributed by atoms with van der Waals surface area (Å²) < 4.78 is 3.51. The van der Waals surface area contributed by atoms with Crippen LogP contribution in [-0.2, 0) is 20.0 Å². The van der Waals surface area contributed by atoms with Crippen LogP contribution in [0.15, 0.2) is 12.4 Å². The molecule has 0 aliphatic rings.